The molecule has 18 heavy (non-hydrogen) atoms. The Labute approximate surface area is 120 Å². The van der Waals surface area contributed by atoms with E-state index < -0.39 is 0 Å². The van der Waals surface area contributed by atoms with Crippen LogP contribution in [0, 0.1) is 10.1 Å². The van der Waals surface area contributed by atoms with E-state index in [0.29, 0.717) is 0 Å². The van der Waals surface area contributed by atoms with E-state index in [0.717, 1.165) is 41.9 Å². The number of nitrogens with zero attached hydrogens (tertiary/aromatic N) is 3. The quantitative estimate of drug-likeness (QED) is 0.359. The Morgan fingerprint density at radius 1 is 1.33 bits per heavy atom. The van der Waals surface area contributed by atoms with E-state index in [1.165, 1.54) is 0 Å². The number of piperazine rings is 1. The summed E-state index contributed by atoms with van der Waals surface area (Å²) in [7, 11) is 2.08. The van der Waals surface area contributed by atoms with Crippen molar-refractivity contribution in [2.75, 3.05) is 38.1 Å². The number of likely N-dealkylation sites (N-methyl/N-ethyl adjacent to an activating group) is 1. The normalized spacial score (nSPS) is 16.9. The van der Waals surface area contributed by atoms with Crippen LogP contribution in [0.3, 0.4) is 0 Å². The van der Waals surface area contributed by atoms with Crippen molar-refractivity contribution in [1.82, 2.24) is 4.90 Å². The maximum absolute atomic E-state index is 11.1. The molecule has 1 aromatic rings. The van der Waals surface area contributed by atoms with Gasteiger partial charge in [-0.25, -0.2) is 0 Å². The van der Waals surface area contributed by atoms with Crippen LogP contribution in [0.4, 0.5) is 11.4 Å². The molecule has 6 heteroatoms. The summed E-state index contributed by atoms with van der Waals surface area (Å²) in [6.07, 6.45) is 0. The second-order valence-electron chi connectivity index (χ2n) is 4.50. The summed E-state index contributed by atoms with van der Waals surface area (Å²) in [5, 5.41) is 11.1. The zero-order valence-electron chi connectivity index (χ0n) is 10.3. The Morgan fingerprint density at radius 3 is 2.56 bits per heavy atom. The summed E-state index contributed by atoms with van der Waals surface area (Å²) >= 11 is 2.28. The van der Waals surface area contributed by atoms with Crippen molar-refractivity contribution in [3.05, 3.63) is 33.9 Å². The summed E-state index contributed by atoms with van der Waals surface area (Å²) in [5.41, 5.74) is 2.12. The minimum atomic E-state index is -0.287. The minimum absolute atomic E-state index is 0.216. The van der Waals surface area contributed by atoms with Crippen LogP contribution in [-0.2, 0) is 4.43 Å². The maximum atomic E-state index is 11.1. The summed E-state index contributed by atoms with van der Waals surface area (Å²) < 4.78 is 0.872. The lowest BCUT2D eigenvalue weighted by Gasteiger charge is -2.33. The lowest BCUT2D eigenvalue weighted by Crippen LogP contribution is -2.44. The molecule has 1 fully saturated rings. The first-order valence-corrected chi connectivity index (χ1v) is 7.41. The number of hydrogen-bond donors (Lipinski definition) is 0. The molecule has 0 aliphatic carbocycles. The van der Waals surface area contributed by atoms with Crippen LogP contribution in [-0.4, -0.2) is 43.0 Å². The molecule has 0 spiro atoms. The van der Waals surface area contributed by atoms with Gasteiger partial charge in [0.25, 0.3) is 5.69 Å². The highest BCUT2D eigenvalue weighted by Gasteiger charge is 2.22. The van der Waals surface area contributed by atoms with Gasteiger partial charge < -0.3 is 9.80 Å². The van der Waals surface area contributed by atoms with Gasteiger partial charge in [-0.2, -0.15) is 0 Å². The van der Waals surface area contributed by atoms with E-state index in [-0.39, 0.29) is 10.6 Å². The Bertz CT molecular complexity index is 445. The first-order valence-electron chi connectivity index (χ1n) is 5.88. The van der Waals surface area contributed by atoms with Crippen molar-refractivity contribution in [2.24, 2.45) is 0 Å². The number of alkyl halides is 1. The molecule has 0 N–H and O–H groups in total. The van der Waals surface area contributed by atoms with E-state index in [4.69, 9.17) is 0 Å². The Hall–Kier alpha value is -0.890. The Balaban J connectivity index is 2.31. The van der Waals surface area contributed by atoms with E-state index in [9.17, 15) is 10.1 Å². The molecule has 2 rings (SSSR count). The fraction of sp³-hybridized carbons (Fsp3) is 0.500. The third kappa shape index (κ3) is 2.92. The smallest absolute Gasteiger partial charge is 0.292 e. The van der Waals surface area contributed by atoms with E-state index in [2.05, 4.69) is 39.4 Å². The van der Waals surface area contributed by atoms with Crippen LogP contribution in [0.1, 0.15) is 5.56 Å². The van der Waals surface area contributed by atoms with Gasteiger partial charge in [0.1, 0.15) is 5.69 Å². The number of hydrogen-bond acceptors (Lipinski definition) is 4. The fourth-order valence-electron chi connectivity index (χ4n) is 2.11. The zero-order valence-corrected chi connectivity index (χ0v) is 12.5. The van der Waals surface area contributed by atoms with Gasteiger partial charge in [-0.05, 0) is 18.7 Å². The molecule has 0 bridgehead atoms. The molecule has 1 saturated heterocycles. The summed E-state index contributed by atoms with van der Waals surface area (Å²) in [5.74, 6) is 0. The molecule has 1 aromatic carbocycles. The van der Waals surface area contributed by atoms with Crippen LogP contribution in [0.5, 0.6) is 0 Å². The topological polar surface area (TPSA) is 49.6 Å². The van der Waals surface area contributed by atoms with Gasteiger partial charge in [0.2, 0.25) is 0 Å². The zero-order chi connectivity index (χ0) is 13.1. The highest BCUT2D eigenvalue weighted by atomic mass is 127. The summed E-state index contributed by atoms with van der Waals surface area (Å²) in [6.45, 7) is 3.60. The maximum Gasteiger partial charge on any atom is 0.292 e. The van der Waals surface area contributed by atoms with Crippen molar-refractivity contribution in [2.45, 2.75) is 4.43 Å². The second-order valence-corrected chi connectivity index (χ2v) is 5.27. The van der Waals surface area contributed by atoms with Gasteiger partial charge in [0.15, 0.2) is 0 Å². The Morgan fingerprint density at radius 2 is 2.00 bits per heavy atom. The average Bonchev–Trinajstić information content (AvgIpc) is 2.38. The van der Waals surface area contributed by atoms with E-state index in [1.54, 1.807) is 6.07 Å². The molecule has 1 aliphatic heterocycles. The second kappa shape index (κ2) is 5.83. The largest absolute Gasteiger partial charge is 0.363 e. The summed E-state index contributed by atoms with van der Waals surface area (Å²) in [6, 6.07) is 5.42. The lowest BCUT2D eigenvalue weighted by molar-refractivity contribution is -0.384. The standard InChI is InChI=1S/C12H16IN3O2/c1-14-4-6-15(7-5-14)12-8-10(9-13)2-3-11(12)16(17)18/h2-3,8H,4-7,9H2,1H3. The first kappa shape index (κ1) is 13.5. The molecule has 0 radical (unpaired) electrons. The predicted molar refractivity (Wildman–Crippen MR) is 80.5 cm³/mol. The first-order chi connectivity index (χ1) is 8.61. The van der Waals surface area contributed by atoms with Crippen molar-refractivity contribution in [3.63, 3.8) is 0 Å². The van der Waals surface area contributed by atoms with Crippen molar-refractivity contribution < 1.29 is 4.92 Å². The number of rotatable bonds is 3. The van der Waals surface area contributed by atoms with Gasteiger partial charge >= 0.3 is 0 Å². The summed E-state index contributed by atoms with van der Waals surface area (Å²) in [4.78, 5) is 15.2. The van der Waals surface area contributed by atoms with Gasteiger partial charge in [0.05, 0.1) is 4.92 Å². The Kier molecular flexibility index (Phi) is 4.39. The van der Waals surface area contributed by atoms with Gasteiger partial charge in [-0.1, -0.05) is 28.7 Å². The minimum Gasteiger partial charge on any atom is -0.363 e. The highest BCUT2D eigenvalue weighted by Crippen LogP contribution is 2.30. The van der Waals surface area contributed by atoms with E-state index >= 15 is 0 Å². The molecule has 5 nitrogen and oxygen atoms in total. The SMILES string of the molecule is CN1CCN(c2cc(CI)ccc2[N+](=O)[O-])CC1. The number of anilines is 1. The molecule has 0 amide bonds. The lowest BCUT2D eigenvalue weighted by atomic mass is 10.1. The number of nitro groups is 1. The highest BCUT2D eigenvalue weighted by molar-refractivity contribution is 14.1. The predicted octanol–water partition coefficient (Wildman–Crippen LogP) is 2.28. The number of nitro benzene ring substituents is 1. The van der Waals surface area contributed by atoms with E-state index in [1.807, 2.05) is 12.1 Å². The molecule has 0 aromatic heterocycles. The van der Waals surface area contributed by atoms with Crippen molar-refractivity contribution in [3.8, 4) is 0 Å². The van der Waals surface area contributed by atoms with Crippen LogP contribution < -0.4 is 4.90 Å². The van der Waals surface area contributed by atoms with Crippen LogP contribution >= 0.6 is 22.6 Å². The number of benzene rings is 1. The molecular weight excluding hydrogens is 345 g/mol. The van der Waals surface area contributed by atoms with Crippen molar-refractivity contribution in [1.29, 1.82) is 0 Å². The monoisotopic (exact) mass is 361 g/mol. The number of halogens is 1. The van der Waals surface area contributed by atoms with Gasteiger partial charge in [0, 0.05) is 36.7 Å². The third-order valence-corrected chi connectivity index (χ3v) is 4.12. The molecule has 1 heterocycles. The van der Waals surface area contributed by atoms with Gasteiger partial charge in [-0.3, -0.25) is 10.1 Å². The third-order valence-electron chi connectivity index (χ3n) is 3.23. The van der Waals surface area contributed by atoms with Crippen LogP contribution in [0.2, 0.25) is 0 Å². The molecule has 0 atom stereocenters. The van der Waals surface area contributed by atoms with Crippen LogP contribution in [0.15, 0.2) is 18.2 Å². The molecule has 1 aliphatic rings. The van der Waals surface area contributed by atoms with Gasteiger partial charge in [-0.15, -0.1) is 0 Å². The molecule has 0 saturated carbocycles. The van der Waals surface area contributed by atoms with Crippen molar-refractivity contribution >= 4 is 34.0 Å². The fourth-order valence-corrected chi connectivity index (χ4v) is 2.58. The van der Waals surface area contributed by atoms with Crippen LogP contribution in [0.25, 0.3) is 0 Å². The molecular formula is C12H16IN3O2. The molecule has 0 unspecified atom stereocenters. The average molecular weight is 361 g/mol. The molecule has 98 valence electrons.